The molecule has 0 unspecified atom stereocenters. The summed E-state index contributed by atoms with van der Waals surface area (Å²) in [5.41, 5.74) is 1.18. The predicted octanol–water partition coefficient (Wildman–Crippen LogP) is 4.39. The van der Waals surface area contributed by atoms with Crippen molar-refractivity contribution < 1.29 is 0 Å². The third kappa shape index (κ3) is 5.19. The van der Waals surface area contributed by atoms with Gasteiger partial charge in [0.05, 0.1) is 0 Å². The molecule has 0 saturated heterocycles. The van der Waals surface area contributed by atoms with E-state index in [9.17, 15) is 0 Å². The molecule has 1 aromatic carbocycles. The molecule has 1 heterocycles. The molecular formula is C15H18BrClN2S. The van der Waals surface area contributed by atoms with Crippen molar-refractivity contribution in [1.29, 1.82) is 0 Å². The molecule has 0 aliphatic rings. The summed E-state index contributed by atoms with van der Waals surface area (Å²) in [4.78, 5) is 3.63. The number of hydrogen-bond donors (Lipinski definition) is 1. The molecule has 0 fully saturated rings. The van der Waals surface area contributed by atoms with Gasteiger partial charge in [0.15, 0.2) is 0 Å². The maximum Gasteiger partial charge on any atom is 0.0451 e. The summed E-state index contributed by atoms with van der Waals surface area (Å²) < 4.78 is 1.16. The molecule has 108 valence electrons. The molecule has 0 amide bonds. The number of hydrogen-bond acceptors (Lipinski definition) is 3. The Balaban J connectivity index is 1.68. The highest BCUT2D eigenvalue weighted by atomic mass is 79.9. The van der Waals surface area contributed by atoms with Crippen molar-refractivity contribution in [3.63, 3.8) is 0 Å². The highest BCUT2D eigenvalue weighted by Crippen LogP contribution is 2.19. The molecule has 5 heteroatoms. The molecule has 2 nitrogen and oxygen atoms in total. The zero-order chi connectivity index (χ0) is 14.4. The number of benzene rings is 1. The van der Waals surface area contributed by atoms with E-state index in [0.717, 1.165) is 35.7 Å². The Kier molecular flexibility index (Phi) is 6.52. The van der Waals surface area contributed by atoms with Crippen LogP contribution in [0.2, 0.25) is 5.02 Å². The van der Waals surface area contributed by atoms with Crippen LogP contribution in [0.15, 0.2) is 40.2 Å². The van der Waals surface area contributed by atoms with Gasteiger partial charge in [-0.3, -0.25) is 0 Å². The van der Waals surface area contributed by atoms with Crippen molar-refractivity contribution in [3.05, 3.63) is 55.6 Å². The van der Waals surface area contributed by atoms with Gasteiger partial charge in [0.25, 0.3) is 0 Å². The standard InChI is InChI=1S/C15H18BrClN2S/c1-19(10-12-4-2-3-5-15(12)17)7-6-18-9-14-8-13(16)11-20-14/h2-5,8,11,18H,6-7,9-10H2,1H3. The molecule has 2 rings (SSSR count). The largest absolute Gasteiger partial charge is 0.311 e. The third-order valence-corrected chi connectivity index (χ3v) is 5.06. The Morgan fingerprint density at radius 2 is 2.15 bits per heavy atom. The Bertz CT molecular complexity index is 544. The molecule has 1 aromatic heterocycles. The molecule has 0 radical (unpaired) electrons. The van der Waals surface area contributed by atoms with Crippen LogP contribution in [-0.4, -0.2) is 25.0 Å². The molecule has 1 N–H and O–H groups in total. The van der Waals surface area contributed by atoms with Gasteiger partial charge in [-0.2, -0.15) is 0 Å². The lowest BCUT2D eigenvalue weighted by atomic mass is 10.2. The Morgan fingerprint density at radius 1 is 1.35 bits per heavy atom. The van der Waals surface area contributed by atoms with Crippen molar-refractivity contribution in [2.45, 2.75) is 13.1 Å². The Labute approximate surface area is 137 Å². The minimum atomic E-state index is 0.843. The van der Waals surface area contributed by atoms with Gasteiger partial charge in [-0.1, -0.05) is 29.8 Å². The van der Waals surface area contributed by atoms with E-state index >= 15 is 0 Å². The smallest absolute Gasteiger partial charge is 0.0451 e. The van der Waals surface area contributed by atoms with Crippen molar-refractivity contribution in [2.75, 3.05) is 20.1 Å². The first kappa shape index (κ1) is 16.0. The molecule has 0 saturated carbocycles. The second-order valence-corrected chi connectivity index (χ2v) is 7.06. The number of rotatable bonds is 7. The number of halogens is 2. The average Bonchev–Trinajstić information content (AvgIpc) is 2.83. The van der Waals surface area contributed by atoms with E-state index < -0.39 is 0 Å². The molecular weight excluding hydrogens is 356 g/mol. The molecule has 0 aliphatic carbocycles. The first-order chi connectivity index (χ1) is 9.65. The fraction of sp³-hybridized carbons (Fsp3) is 0.333. The topological polar surface area (TPSA) is 15.3 Å². The van der Waals surface area contributed by atoms with Gasteiger partial charge in [-0.25, -0.2) is 0 Å². The maximum atomic E-state index is 6.17. The van der Waals surface area contributed by atoms with Crippen molar-refractivity contribution >= 4 is 38.9 Å². The van der Waals surface area contributed by atoms with Gasteiger partial charge in [0.2, 0.25) is 0 Å². The van der Waals surface area contributed by atoms with Crippen molar-refractivity contribution in [1.82, 2.24) is 10.2 Å². The van der Waals surface area contributed by atoms with E-state index in [1.165, 1.54) is 10.4 Å². The summed E-state index contributed by atoms with van der Waals surface area (Å²) in [6.07, 6.45) is 0. The monoisotopic (exact) mass is 372 g/mol. The zero-order valence-electron chi connectivity index (χ0n) is 11.4. The lowest BCUT2D eigenvalue weighted by Gasteiger charge is -2.17. The fourth-order valence-corrected chi connectivity index (χ4v) is 3.54. The van der Waals surface area contributed by atoms with Gasteiger partial charge in [0.1, 0.15) is 0 Å². The van der Waals surface area contributed by atoms with Crippen LogP contribution in [0.3, 0.4) is 0 Å². The molecule has 0 bridgehead atoms. The van der Waals surface area contributed by atoms with Crippen LogP contribution >= 0.6 is 38.9 Å². The summed E-state index contributed by atoms with van der Waals surface area (Å²) in [7, 11) is 2.12. The van der Waals surface area contributed by atoms with Gasteiger partial charge in [0, 0.05) is 45.9 Å². The van der Waals surface area contributed by atoms with Gasteiger partial charge < -0.3 is 10.2 Å². The maximum absolute atomic E-state index is 6.17. The van der Waals surface area contributed by atoms with Crippen LogP contribution < -0.4 is 5.32 Å². The first-order valence-corrected chi connectivity index (χ1v) is 8.56. The van der Waals surface area contributed by atoms with Crippen LogP contribution in [0.4, 0.5) is 0 Å². The lowest BCUT2D eigenvalue weighted by Crippen LogP contribution is -2.28. The van der Waals surface area contributed by atoms with E-state index in [1.807, 2.05) is 18.2 Å². The number of nitrogens with zero attached hydrogens (tertiary/aromatic N) is 1. The second-order valence-electron chi connectivity index (χ2n) is 4.74. The summed E-state index contributed by atoms with van der Waals surface area (Å²) in [5.74, 6) is 0. The molecule has 20 heavy (non-hydrogen) atoms. The van der Waals surface area contributed by atoms with Crippen LogP contribution in [-0.2, 0) is 13.1 Å². The lowest BCUT2D eigenvalue weighted by molar-refractivity contribution is 0.324. The van der Waals surface area contributed by atoms with Crippen LogP contribution in [0, 0.1) is 0 Å². The van der Waals surface area contributed by atoms with Gasteiger partial charge in [-0.15, -0.1) is 11.3 Å². The third-order valence-electron chi connectivity index (χ3n) is 2.99. The highest BCUT2D eigenvalue weighted by Gasteiger charge is 2.03. The highest BCUT2D eigenvalue weighted by molar-refractivity contribution is 9.10. The van der Waals surface area contributed by atoms with Crippen molar-refractivity contribution in [2.24, 2.45) is 0 Å². The van der Waals surface area contributed by atoms with Crippen LogP contribution in [0.25, 0.3) is 0 Å². The number of thiophene rings is 1. The van der Waals surface area contributed by atoms with E-state index in [0.29, 0.717) is 0 Å². The van der Waals surface area contributed by atoms with E-state index in [4.69, 9.17) is 11.6 Å². The molecule has 0 aliphatic heterocycles. The summed E-state index contributed by atoms with van der Waals surface area (Å²) in [6.45, 7) is 3.77. The normalized spacial score (nSPS) is 11.2. The first-order valence-electron chi connectivity index (χ1n) is 6.51. The SMILES string of the molecule is CN(CCNCc1cc(Br)cs1)Cc1ccccc1Cl. The number of likely N-dealkylation sites (N-methyl/N-ethyl adjacent to an activating group) is 1. The molecule has 2 aromatic rings. The minimum Gasteiger partial charge on any atom is -0.311 e. The fourth-order valence-electron chi connectivity index (χ4n) is 1.92. The molecule has 0 atom stereocenters. The summed E-state index contributed by atoms with van der Waals surface area (Å²) in [5, 5.41) is 6.42. The van der Waals surface area contributed by atoms with Crippen LogP contribution in [0.1, 0.15) is 10.4 Å². The van der Waals surface area contributed by atoms with E-state index in [2.05, 4.69) is 50.7 Å². The average molecular weight is 374 g/mol. The van der Waals surface area contributed by atoms with Gasteiger partial charge >= 0.3 is 0 Å². The summed E-state index contributed by atoms with van der Waals surface area (Å²) in [6, 6.07) is 10.2. The van der Waals surface area contributed by atoms with Crippen LogP contribution in [0.5, 0.6) is 0 Å². The Hall–Kier alpha value is -0.390. The predicted molar refractivity (Wildman–Crippen MR) is 91.5 cm³/mol. The van der Waals surface area contributed by atoms with E-state index in [1.54, 1.807) is 11.3 Å². The quantitative estimate of drug-likeness (QED) is 0.724. The Morgan fingerprint density at radius 3 is 2.85 bits per heavy atom. The zero-order valence-corrected chi connectivity index (χ0v) is 14.6. The minimum absolute atomic E-state index is 0.843. The molecule has 0 spiro atoms. The van der Waals surface area contributed by atoms with Crippen molar-refractivity contribution in [3.8, 4) is 0 Å². The summed E-state index contributed by atoms with van der Waals surface area (Å²) >= 11 is 11.4. The number of nitrogens with one attached hydrogen (secondary N) is 1. The van der Waals surface area contributed by atoms with Gasteiger partial charge in [-0.05, 0) is 40.7 Å². The second kappa shape index (κ2) is 8.15. The van der Waals surface area contributed by atoms with E-state index in [-0.39, 0.29) is 0 Å².